The van der Waals surface area contributed by atoms with Crippen LogP contribution in [0.25, 0.3) is 20.2 Å². The van der Waals surface area contributed by atoms with Crippen LogP contribution in [0.2, 0.25) is 0 Å². The second-order valence-electron chi connectivity index (χ2n) is 5.46. The zero-order valence-electron chi connectivity index (χ0n) is 13.0. The smallest absolute Gasteiger partial charge is 0.135 e. The number of hydrogen-bond acceptors (Lipinski definition) is 4. The van der Waals surface area contributed by atoms with E-state index >= 15 is 0 Å². The molecule has 3 nitrogen and oxygen atoms in total. The molecule has 2 heterocycles. The van der Waals surface area contributed by atoms with Gasteiger partial charge in [-0.1, -0.05) is 30.3 Å². The van der Waals surface area contributed by atoms with Gasteiger partial charge in [0.25, 0.3) is 0 Å². The third kappa shape index (κ3) is 2.74. The molecule has 0 saturated carbocycles. The van der Waals surface area contributed by atoms with E-state index in [0.717, 1.165) is 22.6 Å². The zero-order valence-corrected chi connectivity index (χ0v) is 15.4. The summed E-state index contributed by atoms with van der Waals surface area (Å²) in [6.45, 7) is 0.720. The van der Waals surface area contributed by atoms with Gasteiger partial charge in [-0.2, -0.15) is 0 Å². The number of rotatable bonds is 4. The monoisotopic (exact) mass is 398 g/mol. The Hall–Kier alpha value is -2.11. The van der Waals surface area contributed by atoms with Crippen molar-refractivity contribution in [2.24, 2.45) is 0 Å². The molecule has 4 rings (SSSR count). The van der Waals surface area contributed by atoms with Crippen molar-refractivity contribution in [3.8, 4) is 5.75 Å². The van der Waals surface area contributed by atoms with Gasteiger partial charge in [0.1, 0.15) is 11.6 Å². The van der Waals surface area contributed by atoms with Gasteiger partial charge in [-0.3, -0.25) is 0 Å². The number of nitrogens with one attached hydrogen (secondary N) is 1. The largest absolute Gasteiger partial charge is 0.497 e. The van der Waals surface area contributed by atoms with Gasteiger partial charge in [0.15, 0.2) is 0 Å². The number of ether oxygens (including phenoxy) is 1. The topological polar surface area (TPSA) is 34.1 Å². The predicted molar refractivity (Wildman–Crippen MR) is 105 cm³/mol. The number of pyridine rings is 1. The second kappa shape index (κ2) is 6.42. The lowest BCUT2D eigenvalue weighted by Gasteiger charge is -2.09. The van der Waals surface area contributed by atoms with E-state index in [4.69, 9.17) is 4.74 Å². The third-order valence-corrected chi connectivity index (χ3v) is 6.04. The van der Waals surface area contributed by atoms with Crippen LogP contribution in [0.3, 0.4) is 0 Å². The van der Waals surface area contributed by atoms with E-state index in [0.29, 0.717) is 0 Å². The number of anilines is 1. The Morgan fingerprint density at radius 3 is 2.71 bits per heavy atom. The van der Waals surface area contributed by atoms with Gasteiger partial charge in [0.2, 0.25) is 0 Å². The maximum atomic E-state index is 5.20. The van der Waals surface area contributed by atoms with Crippen molar-refractivity contribution in [3.63, 3.8) is 0 Å². The van der Waals surface area contributed by atoms with Crippen LogP contribution < -0.4 is 10.1 Å². The number of thiophene rings is 1. The van der Waals surface area contributed by atoms with Gasteiger partial charge in [-0.25, -0.2) is 4.98 Å². The molecule has 5 heteroatoms. The highest BCUT2D eigenvalue weighted by Crippen LogP contribution is 2.40. The van der Waals surface area contributed by atoms with E-state index < -0.39 is 0 Å². The fraction of sp³-hybridized carbons (Fsp3) is 0.105. The minimum atomic E-state index is 0.720. The molecule has 120 valence electrons. The zero-order chi connectivity index (χ0) is 16.5. The van der Waals surface area contributed by atoms with Crippen molar-refractivity contribution in [2.75, 3.05) is 12.4 Å². The third-order valence-electron chi connectivity index (χ3n) is 3.98. The molecule has 0 aliphatic heterocycles. The average molecular weight is 399 g/mol. The molecule has 0 aliphatic carbocycles. The van der Waals surface area contributed by atoms with Gasteiger partial charge in [-0.05, 0) is 39.7 Å². The Morgan fingerprint density at radius 1 is 1.12 bits per heavy atom. The van der Waals surface area contributed by atoms with Crippen LogP contribution >= 0.6 is 27.3 Å². The van der Waals surface area contributed by atoms with E-state index in [2.05, 4.69) is 62.6 Å². The van der Waals surface area contributed by atoms with Gasteiger partial charge >= 0.3 is 0 Å². The lowest BCUT2D eigenvalue weighted by atomic mass is 10.1. The van der Waals surface area contributed by atoms with E-state index in [1.165, 1.54) is 25.7 Å². The number of benzene rings is 2. The molecule has 0 bridgehead atoms. The summed E-state index contributed by atoms with van der Waals surface area (Å²) in [7, 11) is 1.68. The predicted octanol–water partition coefficient (Wildman–Crippen LogP) is 5.83. The molecule has 2 aromatic carbocycles. The van der Waals surface area contributed by atoms with Crippen molar-refractivity contribution in [3.05, 3.63) is 64.8 Å². The van der Waals surface area contributed by atoms with Crippen molar-refractivity contribution >= 4 is 53.3 Å². The van der Waals surface area contributed by atoms with Crippen molar-refractivity contribution in [1.82, 2.24) is 4.98 Å². The van der Waals surface area contributed by atoms with Crippen LogP contribution in [0.5, 0.6) is 5.75 Å². The molecule has 0 radical (unpaired) electrons. The van der Waals surface area contributed by atoms with Crippen molar-refractivity contribution < 1.29 is 4.74 Å². The standard InChI is InChI=1S/C19H15BrN2OS/c1-23-13-8-6-12(7-9-13)10-21-19-17-14-4-2-3-5-16(14)24-18(17)15(20)11-22-19/h2-9,11H,10H2,1H3,(H,21,22). The van der Waals surface area contributed by atoms with Crippen LogP contribution in [-0.4, -0.2) is 12.1 Å². The summed E-state index contributed by atoms with van der Waals surface area (Å²) in [5.74, 6) is 1.79. The van der Waals surface area contributed by atoms with Crippen LogP contribution in [0.4, 0.5) is 5.82 Å². The fourth-order valence-corrected chi connectivity index (χ4v) is 4.41. The van der Waals surface area contributed by atoms with E-state index in [1.807, 2.05) is 18.3 Å². The number of methoxy groups -OCH3 is 1. The molecule has 0 amide bonds. The first kappa shape index (κ1) is 15.4. The van der Waals surface area contributed by atoms with Gasteiger partial charge in [0.05, 0.1) is 16.3 Å². The molecule has 24 heavy (non-hydrogen) atoms. The summed E-state index contributed by atoms with van der Waals surface area (Å²) in [6.07, 6.45) is 1.87. The van der Waals surface area contributed by atoms with Crippen molar-refractivity contribution in [1.29, 1.82) is 0 Å². The second-order valence-corrected chi connectivity index (χ2v) is 7.37. The Labute approximate surface area is 152 Å². The van der Waals surface area contributed by atoms with E-state index in [-0.39, 0.29) is 0 Å². The van der Waals surface area contributed by atoms with Crippen LogP contribution in [0.1, 0.15) is 5.56 Å². The molecular formula is C19H15BrN2OS. The summed E-state index contributed by atoms with van der Waals surface area (Å²) in [4.78, 5) is 4.60. The number of hydrogen-bond donors (Lipinski definition) is 1. The van der Waals surface area contributed by atoms with Crippen LogP contribution in [0, 0.1) is 0 Å². The fourth-order valence-electron chi connectivity index (χ4n) is 2.76. The summed E-state index contributed by atoms with van der Waals surface area (Å²) in [5, 5.41) is 5.90. The Bertz CT molecular complexity index is 1010. The van der Waals surface area contributed by atoms with Gasteiger partial charge < -0.3 is 10.1 Å². The lowest BCUT2D eigenvalue weighted by molar-refractivity contribution is 0.414. The highest BCUT2D eigenvalue weighted by Gasteiger charge is 2.13. The summed E-state index contributed by atoms with van der Waals surface area (Å²) >= 11 is 5.41. The van der Waals surface area contributed by atoms with Gasteiger partial charge in [-0.15, -0.1) is 11.3 Å². The number of aromatic nitrogens is 1. The quantitative estimate of drug-likeness (QED) is 0.469. The van der Waals surface area contributed by atoms with Gasteiger partial charge in [0, 0.05) is 28.2 Å². The number of halogens is 1. The average Bonchev–Trinajstić information content (AvgIpc) is 3.02. The lowest BCUT2D eigenvalue weighted by Crippen LogP contribution is -2.01. The summed E-state index contributed by atoms with van der Waals surface area (Å²) in [6, 6.07) is 16.5. The molecule has 0 unspecified atom stereocenters. The Kier molecular flexibility index (Phi) is 4.12. The maximum Gasteiger partial charge on any atom is 0.135 e. The Morgan fingerprint density at radius 2 is 1.92 bits per heavy atom. The first-order chi connectivity index (χ1) is 11.8. The first-order valence-corrected chi connectivity index (χ1v) is 9.20. The Balaban J connectivity index is 1.72. The number of fused-ring (bicyclic) bond motifs is 3. The normalized spacial score (nSPS) is 11.1. The maximum absolute atomic E-state index is 5.20. The van der Waals surface area contributed by atoms with Crippen LogP contribution in [-0.2, 0) is 6.54 Å². The first-order valence-electron chi connectivity index (χ1n) is 7.59. The molecular weight excluding hydrogens is 384 g/mol. The molecule has 0 atom stereocenters. The van der Waals surface area contributed by atoms with E-state index in [9.17, 15) is 0 Å². The highest BCUT2D eigenvalue weighted by atomic mass is 79.9. The molecule has 0 aliphatic rings. The van der Waals surface area contributed by atoms with Crippen LogP contribution in [0.15, 0.2) is 59.2 Å². The van der Waals surface area contributed by atoms with Crippen molar-refractivity contribution in [2.45, 2.75) is 6.54 Å². The summed E-state index contributed by atoms with van der Waals surface area (Å²) in [5.41, 5.74) is 1.19. The minimum absolute atomic E-state index is 0.720. The molecule has 2 aromatic heterocycles. The molecule has 0 spiro atoms. The highest BCUT2D eigenvalue weighted by molar-refractivity contribution is 9.10. The van der Waals surface area contributed by atoms with E-state index in [1.54, 1.807) is 18.4 Å². The molecule has 1 N–H and O–H groups in total. The SMILES string of the molecule is COc1ccc(CNc2ncc(Br)c3sc4ccccc4c23)cc1. The molecule has 0 saturated heterocycles. The molecule has 4 aromatic rings. The number of nitrogens with zero attached hydrogens (tertiary/aromatic N) is 1. The summed E-state index contributed by atoms with van der Waals surface area (Å²) < 4.78 is 8.74. The molecule has 0 fully saturated rings. The minimum Gasteiger partial charge on any atom is -0.497 e.